The largest absolute Gasteiger partial charge is 0.306 e. The molecule has 1 fully saturated rings. The van der Waals surface area contributed by atoms with Gasteiger partial charge < -0.3 is 4.57 Å². The summed E-state index contributed by atoms with van der Waals surface area (Å²) in [6.07, 6.45) is 2.39. The van der Waals surface area contributed by atoms with Crippen molar-refractivity contribution in [1.29, 1.82) is 0 Å². The van der Waals surface area contributed by atoms with Crippen molar-refractivity contribution in [2.75, 3.05) is 0 Å². The van der Waals surface area contributed by atoms with Gasteiger partial charge in [-0.1, -0.05) is 29.1 Å². The van der Waals surface area contributed by atoms with Crippen molar-refractivity contribution in [3.8, 4) is 0 Å². The Bertz CT molecular complexity index is 914. The molecule has 1 saturated carbocycles. The molecule has 0 radical (unpaired) electrons. The smallest absolute Gasteiger partial charge is 0.278 e. The molecule has 0 amide bonds. The van der Waals surface area contributed by atoms with Crippen LogP contribution in [0.15, 0.2) is 34.2 Å². The lowest BCUT2D eigenvalue weighted by Crippen LogP contribution is -2.23. The predicted octanol–water partition coefficient (Wildman–Crippen LogP) is 2.03. The summed E-state index contributed by atoms with van der Waals surface area (Å²) < 4.78 is 3.50. The number of aromatic nitrogens is 6. The van der Waals surface area contributed by atoms with Crippen molar-refractivity contribution in [3.63, 3.8) is 0 Å². The van der Waals surface area contributed by atoms with Crippen molar-refractivity contribution < 1.29 is 0 Å². The first-order valence-electron chi connectivity index (χ1n) is 7.66. The molecule has 0 saturated heterocycles. The maximum absolute atomic E-state index is 12.4. The Labute approximate surface area is 136 Å². The molecule has 23 heavy (non-hydrogen) atoms. The normalized spacial score (nSPS) is 14.5. The van der Waals surface area contributed by atoms with Gasteiger partial charge in [0.15, 0.2) is 5.16 Å². The molecule has 0 N–H and O–H groups in total. The zero-order chi connectivity index (χ0) is 15.8. The van der Waals surface area contributed by atoms with Gasteiger partial charge in [0.2, 0.25) is 0 Å². The van der Waals surface area contributed by atoms with Gasteiger partial charge in [-0.3, -0.25) is 4.79 Å². The molecular formula is C15H16N6OS. The molecule has 2 heterocycles. The molecule has 8 heteroatoms. The van der Waals surface area contributed by atoms with Crippen LogP contribution in [0.3, 0.4) is 0 Å². The van der Waals surface area contributed by atoms with Crippen molar-refractivity contribution >= 4 is 22.7 Å². The van der Waals surface area contributed by atoms with Crippen LogP contribution < -0.4 is 5.56 Å². The number of nitrogens with zero attached hydrogens (tertiary/aromatic N) is 6. The fourth-order valence-electron chi connectivity index (χ4n) is 2.57. The summed E-state index contributed by atoms with van der Waals surface area (Å²) in [5.41, 5.74) is 0.486. The highest BCUT2D eigenvalue weighted by atomic mass is 32.2. The highest BCUT2D eigenvalue weighted by molar-refractivity contribution is 7.98. The predicted molar refractivity (Wildman–Crippen MR) is 87.3 cm³/mol. The number of rotatable bonds is 5. The molecule has 4 rings (SSSR count). The van der Waals surface area contributed by atoms with Gasteiger partial charge in [-0.2, -0.15) is 4.68 Å². The minimum absolute atomic E-state index is 0.131. The minimum atomic E-state index is -0.131. The van der Waals surface area contributed by atoms with E-state index in [0.29, 0.717) is 22.7 Å². The van der Waals surface area contributed by atoms with Gasteiger partial charge in [-0.15, -0.1) is 15.3 Å². The molecule has 1 aliphatic carbocycles. The van der Waals surface area contributed by atoms with Gasteiger partial charge in [0.05, 0.1) is 11.3 Å². The summed E-state index contributed by atoms with van der Waals surface area (Å²) in [6, 6.07) is 7.24. The van der Waals surface area contributed by atoms with Crippen LogP contribution in [-0.2, 0) is 12.4 Å². The maximum Gasteiger partial charge on any atom is 0.278 e. The molecule has 2 aromatic heterocycles. The Kier molecular flexibility index (Phi) is 3.60. The van der Waals surface area contributed by atoms with Crippen LogP contribution in [-0.4, -0.2) is 29.8 Å². The standard InChI is InChI=1S/C15H16N6OS/c1-2-20-13(10-7-8-10)17-18-15(20)23-9-21-14(22)11-5-3-4-6-12(11)16-19-21/h3-6,10H,2,7-9H2,1H3. The second-order valence-electron chi connectivity index (χ2n) is 5.54. The third-order valence-corrected chi connectivity index (χ3v) is 4.88. The first kappa shape index (κ1) is 14.4. The fourth-order valence-corrected chi connectivity index (χ4v) is 3.46. The van der Waals surface area contributed by atoms with Gasteiger partial charge in [0, 0.05) is 12.5 Å². The summed E-state index contributed by atoms with van der Waals surface area (Å²) in [5.74, 6) is 1.99. The maximum atomic E-state index is 12.4. The van der Waals surface area contributed by atoms with Gasteiger partial charge in [0.25, 0.3) is 5.56 Å². The van der Waals surface area contributed by atoms with E-state index in [4.69, 9.17) is 0 Å². The summed E-state index contributed by atoms with van der Waals surface area (Å²) in [5, 5.41) is 18.1. The summed E-state index contributed by atoms with van der Waals surface area (Å²) in [7, 11) is 0. The van der Waals surface area contributed by atoms with Crippen LogP contribution in [0.2, 0.25) is 0 Å². The van der Waals surface area contributed by atoms with E-state index < -0.39 is 0 Å². The van der Waals surface area contributed by atoms with E-state index in [-0.39, 0.29) is 5.56 Å². The number of benzene rings is 1. The van der Waals surface area contributed by atoms with E-state index in [2.05, 4.69) is 32.0 Å². The minimum Gasteiger partial charge on any atom is -0.306 e. The van der Waals surface area contributed by atoms with Crippen molar-refractivity contribution in [2.45, 2.75) is 43.3 Å². The van der Waals surface area contributed by atoms with Crippen LogP contribution in [0.4, 0.5) is 0 Å². The topological polar surface area (TPSA) is 78.5 Å². The van der Waals surface area contributed by atoms with E-state index in [0.717, 1.165) is 17.5 Å². The van der Waals surface area contributed by atoms with Crippen LogP contribution in [0.1, 0.15) is 31.5 Å². The molecule has 118 valence electrons. The first-order valence-corrected chi connectivity index (χ1v) is 8.65. The monoisotopic (exact) mass is 328 g/mol. The van der Waals surface area contributed by atoms with E-state index in [1.165, 1.54) is 29.3 Å². The highest BCUT2D eigenvalue weighted by Crippen LogP contribution is 2.40. The number of hydrogen-bond acceptors (Lipinski definition) is 6. The van der Waals surface area contributed by atoms with Crippen LogP contribution in [0, 0.1) is 0 Å². The molecule has 0 aliphatic heterocycles. The molecule has 0 unspecified atom stereocenters. The SMILES string of the molecule is CCn1c(SCn2nnc3ccccc3c2=O)nnc1C1CC1. The van der Waals surface area contributed by atoms with Crippen molar-refractivity contribution in [3.05, 3.63) is 40.4 Å². The third-order valence-electron chi connectivity index (χ3n) is 3.95. The van der Waals surface area contributed by atoms with E-state index in [1.807, 2.05) is 12.1 Å². The average Bonchev–Trinajstić information content (AvgIpc) is 3.35. The Morgan fingerprint density at radius 1 is 1.22 bits per heavy atom. The van der Waals surface area contributed by atoms with E-state index in [1.54, 1.807) is 12.1 Å². The lowest BCUT2D eigenvalue weighted by Gasteiger charge is -2.07. The number of thioether (sulfide) groups is 1. The average molecular weight is 328 g/mol. The zero-order valence-electron chi connectivity index (χ0n) is 12.7. The molecule has 0 bridgehead atoms. The molecule has 3 aromatic rings. The summed E-state index contributed by atoms with van der Waals surface area (Å²) in [4.78, 5) is 12.4. The lowest BCUT2D eigenvalue weighted by atomic mass is 10.2. The molecule has 0 atom stereocenters. The van der Waals surface area contributed by atoms with Crippen LogP contribution in [0.5, 0.6) is 0 Å². The summed E-state index contributed by atoms with van der Waals surface area (Å²) in [6.45, 7) is 2.92. The Morgan fingerprint density at radius 3 is 2.83 bits per heavy atom. The van der Waals surface area contributed by atoms with Crippen LogP contribution in [0.25, 0.3) is 10.9 Å². The zero-order valence-corrected chi connectivity index (χ0v) is 13.5. The molecule has 7 nitrogen and oxygen atoms in total. The number of fused-ring (bicyclic) bond motifs is 1. The lowest BCUT2D eigenvalue weighted by molar-refractivity contribution is 0.626. The van der Waals surface area contributed by atoms with Gasteiger partial charge >= 0.3 is 0 Å². The van der Waals surface area contributed by atoms with E-state index in [9.17, 15) is 4.79 Å². The molecule has 1 aromatic carbocycles. The Hall–Kier alpha value is -2.22. The van der Waals surface area contributed by atoms with Gasteiger partial charge in [0.1, 0.15) is 11.3 Å². The quantitative estimate of drug-likeness (QED) is 0.667. The fraction of sp³-hybridized carbons (Fsp3) is 0.400. The highest BCUT2D eigenvalue weighted by Gasteiger charge is 2.30. The van der Waals surface area contributed by atoms with Crippen molar-refractivity contribution in [2.24, 2.45) is 0 Å². The Balaban J connectivity index is 1.60. The summed E-state index contributed by atoms with van der Waals surface area (Å²) >= 11 is 1.46. The molecule has 1 aliphatic rings. The number of hydrogen-bond donors (Lipinski definition) is 0. The van der Waals surface area contributed by atoms with Gasteiger partial charge in [-0.05, 0) is 31.9 Å². The van der Waals surface area contributed by atoms with Gasteiger partial charge in [-0.25, -0.2) is 0 Å². The van der Waals surface area contributed by atoms with Crippen molar-refractivity contribution in [1.82, 2.24) is 29.8 Å². The van der Waals surface area contributed by atoms with Crippen LogP contribution >= 0.6 is 11.8 Å². The molecular weight excluding hydrogens is 312 g/mol. The third kappa shape index (κ3) is 2.63. The Morgan fingerprint density at radius 2 is 2.04 bits per heavy atom. The second kappa shape index (κ2) is 5.77. The second-order valence-corrected chi connectivity index (χ2v) is 6.46. The van der Waals surface area contributed by atoms with E-state index >= 15 is 0 Å². The molecule has 0 spiro atoms. The first-order chi connectivity index (χ1) is 11.3.